The third-order valence-corrected chi connectivity index (χ3v) is 13.9. The van der Waals surface area contributed by atoms with Crippen LogP contribution in [0.5, 0.6) is 5.75 Å². The molecular weight excluding hydrogens is 711 g/mol. The Bertz CT molecular complexity index is 1820. The van der Waals surface area contributed by atoms with Crippen LogP contribution in [0.3, 0.4) is 0 Å². The summed E-state index contributed by atoms with van der Waals surface area (Å²) >= 11 is 6.43. The van der Waals surface area contributed by atoms with E-state index < -0.39 is 39.0 Å². The summed E-state index contributed by atoms with van der Waals surface area (Å²) in [6.45, 7) is 7.12. The molecule has 52 heavy (non-hydrogen) atoms. The van der Waals surface area contributed by atoms with E-state index in [4.69, 9.17) is 25.8 Å². The lowest BCUT2D eigenvalue weighted by atomic mass is 9.70. The molecule has 2 bridgehead atoms. The smallest absolute Gasteiger partial charge is 0.264 e. The van der Waals surface area contributed by atoms with Crippen LogP contribution < -0.4 is 14.4 Å². The van der Waals surface area contributed by atoms with Crippen molar-refractivity contribution in [1.29, 1.82) is 0 Å². The normalized spacial score (nSPS) is 30.5. The maximum atomic E-state index is 16.4. The van der Waals surface area contributed by atoms with Gasteiger partial charge < -0.3 is 24.0 Å². The summed E-state index contributed by atoms with van der Waals surface area (Å²) in [4.78, 5) is 32.4. The highest BCUT2D eigenvalue weighted by Crippen LogP contribution is 2.45. The fourth-order valence-corrected chi connectivity index (χ4v) is 9.77. The van der Waals surface area contributed by atoms with Crippen LogP contribution in [0.1, 0.15) is 61.0 Å². The molecule has 11 nitrogen and oxygen atoms in total. The van der Waals surface area contributed by atoms with Gasteiger partial charge in [0, 0.05) is 54.8 Å². The van der Waals surface area contributed by atoms with Crippen LogP contribution in [0.25, 0.3) is 0 Å². The third kappa shape index (κ3) is 7.57. The van der Waals surface area contributed by atoms with E-state index >= 15 is 4.39 Å². The Morgan fingerprint density at radius 2 is 1.94 bits per heavy atom. The van der Waals surface area contributed by atoms with Gasteiger partial charge in [-0.25, -0.2) is 17.5 Å². The third-order valence-electron chi connectivity index (χ3n) is 11.7. The molecule has 0 aromatic heterocycles. The van der Waals surface area contributed by atoms with Crippen LogP contribution in [-0.4, -0.2) is 113 Å². The Balaban J connectivity index is 1.23. The number of nitrogens with one attached hydrogen (secondary N) is 1. The highest BCUT2D eigenvalue weighted by atomic mass is 35.5. The summed E-state index contributed by atoms with van der Waals surface area (Å²) in [5.74, 6) is -1.21. The molecule has 282 valence electrons. The molecule has 1 aliphatic carbocycles. The molecule has 2 aromatic rings. The first kappa shape index (κ1) is 37.1. The number of ether oxygens (including phenoxy) is 3. The Morgan fingerprint density at radius 1 is 1.13 bits per heavy atom. The monoisotopic (exact) mass is 758 g/mol. The van der Waals surface area contributed by atoms with Crippen molar-refractivity contribution in [2.24, 2.45) is 5.92 Å². The van der Waals surface area contributed by atoms with E-state index in [0.29, 0.717) is 69.0 Å². The molecule has 7 rings (SSSR count). The zero-order valence-corrected chi connectivity index (χ0v) is 31.4. The summed E-state index contributed by atoms with van der Waals surface area (Å²) in [6, 6.07) is 10.3. The van der Waals surface area contributed by atoms with Gasteiger partial charge in [0.05, 0.1) is 43.4 Å². The first-order valence-electron chi connectivity index (χ1n) is 18.4. The van der Waals surface area contributed by atoms with Crippen molar-refractivity contribution in [2.45, 2.75) is 68.7 Å². The molecule has 4 aliphatic heterocycles. The van der Waals surface area contributed by atoms with Crippen LogP contribution in [-0.2, 0) is 36.1 Å². The van der Waals surface area contributed by atoms with E-state index in [9.17, 15) is 18.0 Å². The molecule has 2 fully saturated rings. The number of rotatable bonds is 4. The number of nitrogens with zero attached hydrogens (tertiary/aromatic N) is 3. The second kappa shape index (κ2) is 15.3. The SMILES string of the molecule is C[C@@H]1[C@@H](C)C/C=C(\F)[C@H](COCC(=O)N2CCOCC2)N2CC[C@H]2CN2C[C@@]3(CCCc4cc(Cl)ccc43)COc3ccc(cc32)C(=O)NS1(=O)=O. The topological polar surface area (TPSA) is 118 Å². The van der Waals surface area contributed by atoms with Crippen LogP contribution in [0.2, 0.25) is 5.02 Å². The Kier molecular flexibility index (Phi) is 10.9. The molecule has 0 saturated carbocycles. The standard InChI is InChI=1S/C38H48ClFN4O7S/c1-25-5-9-32(40)34(21-50-22-36(45)42-14-16-49-17-15-42)44-13-11-30(44)20-43-23-38(12-3-4-27-18-29(39)7-8-31(27)38)24-51-35-10-6-28(19-33(35)43)37(46)41-52(47,48)26(25)2/h6-10,18-19,25-26,30,34H,3-5,11-17,20-24H2,1-2H3,(H,41,46)/b32-9-/t25-,26+,30-,34-,38-/m0/s1. The number of sulfonamides is 1. The lowest BCUT2D eigenvalue weighted by Gasteiger charge is -2.49. The Labute approximate surface area is 310 Å². The van der Waals surface area contributed by atoms with Crippen LogP contribution >= 0.6 is 11.6 Å². The van der Waals surface area contributed by atoms with Crippen LogP contribution in [0.15, 0.2) is 48.3 Å². The van der Waals surface area contributed by atoms with Gasteiger partial charge in [0.15, 0.2) is 0 Å². The molecule has 1 spiro atoms. The fourth-order valence-electron chi connectivity index (χ4n) is 8.29. The minimum Gasteiger partial charge on any atom is -0.490 e. The van der Waals surface area contributed by atoms with E-state index in [1.54, 1.807) is 30.0 Å². The minimum atomic E-state index is -4.10. The summed E-state index contributed by atoms with van der Waals surface area (Å²) < 4.78 is 63.4. The maximum Gasteiger partial charge on any atom is 0.264 e. The minimum absolute atomic E-state index is 0.0326. The zero-order chi connectivity index (χ0) is 36.6. The molecule has 1 N–H and O–H groups in total. The largest absolute Gasteiger partial charge is 0.490 e. The predicted octanol–water partition coefficient (Wildman–Crippen LogP) is 4.47. The summed E-state index contributed by atoms with van der Waals surface area (Å²) in [6.07, 6.45) is 5.14. The number of allylic oxidation sites excluding steroid dienone is 1. The summed E-state index contributed by atoms with van der Waals surface area (Å²) in [5, 5.41) is -0.292. The number of carbonyl (C=O) groups excluding carboxylic acids is 2. The van der Waals surface area contributed by atoms with Gasteiger partial charge in [-0.1, -0.05) is 30.7 Å². The predicted molar refractivity (Wildman–Crippen MR) is 196 cm³/mol. The first-order chi connectivity index (χ1) is 24.9. The van der Waals surface area contributed by atoms with Crippen LogP contribution in [0.4, 0.5) is 10.1 Å². The van der Waals surface area contributed by atoms with E-state index in [0.717, 1.165) is 25.7 Å². The Morgan fingerprint density at radius 3 is 2.71 bits per heavy atom. The van der Waals surface area contributed by atoms with E-state index in [1.807, 2.05) is 12.1 Å². The van der Waals surface area contributed by atoms with Gasteiger partial charge in [-0.15, -0.1) is 0 Å². The highest BCUT2D eigenvalue weighted by Gasteiger charge is 2.44. The average molecular weight is 759 g/mol. The average Bonchev–Trinajstić information content (AvgIpc) is 3.27. The van der Waals surface area contributed by atoms with Gasteiger partial charge in [-0.3, -0.25) is 14.5 Å². The number of hydrogen-bond donors (Lipinski definition) is 1. The van der Waals surface area contributed by atoms with Crippen molar-refractivity contribution in [3.8, 4) is 5.75 Å². The second-order valence-electron chi connectivity index (χ2n) is 15.0. The molecule has 0 unspecified atom stereocenters. The van der Waals surface area contributed by atoms with Gasteiger partial charge >= 0.3 is 0 Å². The summed E-state index contributed by atoms with van der Waals surface area (Å²) in [7, 11) is -4.10. The number of benzene rings is 2. The van der Waals surface area contributed by atoms with Gasteiger partial charge in [0.25, 0.3) is 5.91 Å². The maximum absolute atomic E-state index is 16.4. The fraction of sp³-hybridized carbons (Fsp3) is 0.579. The van der Waals surface area contributed by atoms with E-state index in [2.05, 4.69) is 20.6 Å². The van der Waals surface area contributed by atoms with Gasteiger partial charge in [0.2, 0.25) is 15.9 Å². The molecule has 2 amide bonds. The van der Waals surface area contributed by atoms with E-state index in [1.165, 1.54) is 24.1 Å². The number of aryl methyl sites for hydroxylation is 1. The van der Waals surface area contributed by atoms with Crippen molar-refractivity contribution >= 4 is 39.1 Å². The first-order valence-corrected chi connectivity index (χ1v) is 20.3. The number of morpholine rings is 1. The van der Waals surface area contributed by atoms with Crippen molar-refractivity contribution in [1.82, 2.24) is 14.5 Å². The zero-order valence-electron chi connectivity index (χ0n) is 29.8. The van der Waals surface area contributed by atoms with Crippen molar-refractivity contribution < 1.29 is 36.6 Å². The van der Waals surface area contributed by atoms with Crippen LogP contribution in [0, 0.1) is 5.92 Å². The molecule has 2 saturated heterocycles. The molecule has 2 aromatic carbocycles. The number of carbonyl (C=O) groups is 2. The van der Waals surface area contributed by atoms with Gasteiger partial charge in [-0.05, 0) is 86.4 Å². The number of amides is 2. The number of halogens is 2. The molecule has 5 atom stereocenters. The lowest BCUT2D eigenvalue weighted by molar-refractivity contribution is -0.141. The number of fused-ring (bicyclic) bond motifs is 4. The van der Waals surface area contributed by atoms with Crippen molar-refractivity contribution in [3.05, 3.63) is 70.0 Å². The number of anilines is 1. The second-order valence-corrected chi connectivity index (χ2v) is 17.4. The Hall–Kier alpha value is -3.23. The van der Waals surface area contributed by atoms with Gasteiger partial charge in [0.1, 0.15) is 18.2 Å². The lowest BCUT2D eigenvalue weighted by Crippen LogP contribution is -2.60. The summed E-state index contributed by atoms with van der Waals surface area (Å²) in [5.41, 5.74) is 2.89. The van der Waals surface area contributed by atoms with E-state index in [-0.39, 0.29) is 42.6 Å². The van der Waals surface area contributed by atoms with Crippen molar-refractivity contribution in [2.75, 3.05) is 70.7 Å². The molecule has 0 radical (unpaired) electrons. The van der Waals surface area contributed by atoms with Crippen molar-refractivity contribution in [3.63, 3.8) is 0 Å². The highest BCUT2D eigenvalue weighted by molar-refractivity contribution is 7.90. The van der Waals surface area contributed by atoms with Gasteiger partial charge in [-0.2, -0.15) is 0 Å². The molecular formula is C38H48ClFN4O7S. The molecule has 14 heteroatoms. The quantitative estimate of drug-likeness (QED) is 0.482. The molecule has 4 heterocycles. The number of hydrogen-bond acceptors (Lipinski definition) is 9. The molecule has 5 aliphatic rings.